The maximum atomic E-state index is 9.49. The number of rotatable bonds is 5. The molecule has 0 amide bonds. The van der Waals surface area contributed by atoms with Crippen LogP contribution < -0.4 is 0 Å². The number of aromatic hydroxyl groups is 1. The third kappa shape index (κ3) is 3.62. The van der Waals surface area contributed by atoms with E-state index in [4.69, 9.17) is 0 Å². The molecule has 0 fully saturated rings. The van der Waals surface area contributed by atoms with Crippen LogP contribution in [0.1, 0.15) is 16.7 Å². The van der Waals surface area contributed by atoms with E-state index < -0.39 is 0 Å². The summed E-state index contributed by atoms with van der Waals surface area (Å²) in [5.74, 6) is 0.320. The van der Waals surface area contributed by atoms with Gasteiger partial charge in [-0.25, -0.2) is 0 Å². The Kier molecular flexibility index (Phi) is 4.53. The lowest BCUT2D eigenvalue weighted by Gasteiger charge is -2.07. The number of phenols is 1. The Morgan fingerprint density at radius 1 is 0.655 bits per heavy atom. The van der Waals surface area contributed by atoms with Gasteiger partial charge in [-0.2, -0.15) is 0 Å². The first-order valence-electron chi connectivity index (χ1n) is 10.1. The number of benzene rings is 4. The van der Waals surface area contributed by atoms with Gasteiger partial charge in [-0.3, -0.25) is 0 Å². The molecule has 0 aliphatic heterocycles. The van der Waals surface area contributed by atoms with Crippen LogP contribution in [0.5, 0.6) is 5.75 Å². The Labute approximate surface area is 170 Å². The van der Waals surface area contributed by atoms with E-state index >= 15 is 0 Å². The van der Waals surface area contributed by atoms with Gasteiger partial charge in [-0.05, 0) is 64.6 Å². The summed E-state index contributed by atoms with van der Waals surface area (Å²) in [6.45, 7) is 0.866. The van der Waals surface area contributed by atoms with E-state index in [0.29, 0.717) is 5.75 Å². The first kappa shape index (κ1) is 17.6. The van der Waals surface area contributed by atoms with Crippen LogP contribution in [-0.2, 0) is 19.4 Å². The molecule has 0 radical (unpaired) electrons. The molecular formula is C27H23NO. The van der Waals surface area contributed by atoms with Gasteiger partial charge in [0.15, 0.2) is 0 Å². The quantitative estimate of drug-likeness (QED) is 0.380. The summed E-state index contributed by atoms with van der Waals surface area (Å²) >= 11 is 0. The molecule has 2 heteroatoms. The van der Waals surface area contributed by atoms with E-state index in [1.807, 2.05) is 12.1 Å². The fourth-order valence-corrected chi connectivity index (χ4v) is 4.13. The Morgan fingerprint density at radius 3 is 2.24 bits per heavy atom. The molecule has 0 spiro atoms. The van der Waals surface area contributed by atoms with Gasteiger partial charge in [-0.15, -0.1) is 0 Å². The van der Waals surface area contributed by atoms with Crippen molar-refractivity contribution >= 4 is 21.7 Å². The van der Waals surface area contributed by atoms with Crippen molar-refractivity contribution in [2.24, 2.45) is 0 Å². The van der Waals surface area contributed by atoms with Crippen LogP contribution in [-0.4, -0.2) is 9.67 Å². The molecule has 0 aliphatic rings. The van der Waals surface area contributed by atoms with Gasteiger partial charge in [0.25, 0.3) is 0 Å². The van der Waals surface area contributed by atoms with Crippen molar-refractivity contribution in [1.82, 2.24) is 4.57 Å². The van der Waals surface area contributed by atoms with E-state index in [9.17, 15) is 5.11 Å². The highest BCUT2D eigenvalue weighted by Gasteiger charge is 2.09. The van der Waals surface area contributed by atoms with Gasteiger partial charge in [0.05, 0.1) is 0 Å². The number of aromatic nitrogens is 1. The summed E-state index contributed by atoms with van der Waals surface area (Å²) in [7, 11) is 0. The van der Waals surface area contributed by atoms with Gasteiger partial charge >= 0.3 is 0 Å². The highest BCUT2D eigenvalue weighted by molar-refractivity contribution is 5.85. The zero-order chi connectivity index (χ0) is 19.6. The molecule has 0 unspecified atom stereocenters. The smallest absolute Gasteiger partial charge is 0.115 e. The van der Waals surface area contributed by atoms with Crippen LogP contribution in [0, 0.1) is 0 Å². The van der Waals surface area contributed by atoms with Gasteiger partial charge in [0, 0.05) is 23.6 Å². The largest absolute Gasteiger partial charge is 0.508 e. The molecule has 1 N–H and O–H groups in total. The van der Waals surface area contributed by atoms with Crippen molar-refractivity contribution in [2.45, 2.75) is 19.4 Å². The molecule has 0 atom stereocenters. The summed E-state index contributed by atoms with van der Waals surface area (Å²) in [5, 5.41) is 13.4. The molecule has 5 rings (SSSR count). The Bertz CT molecular complexity index is 1280. The van der Waals surface area contributed by atoms with Crippen LogP contribution >= 0.6 is 0 Å². The number of fused-ring (bicyclic) bond motifs is 2. The van der Waals surface area contributed by atoms with E-state index in [1.165, 1.54) is 38.4 Å². The summed E-state index contributed by atoms with van der Waals surface area (Å²) in [5.41, 5.74) is 5.21. The summed E-state index contributed by atoms with van der Waals surface area (Å²) in [6, 6.07) is 31.4. The average Bonchev–Trinajstić information content (AvgIpc) is 3.11. The Balaban J connectivity index is 1.45. The molecule has 29 heavy (non-hydrogen) atoms. The summed E-state index contributed by atoms with van der Waals surface area (Å²) in [4.78, 5) is 0. The normalized spacial score (nSPS) is 11.3. The predicted octanol–water partition coefficient (Wildman–Crippen LogP) is 6.33. The van der Waals surface area contributed by atoms with Crippen molar-refractivity contribution in [3.05, 3.63) is 114 Å². The zero-order valence-corrected chi connectivity index (χ0v) is 16.3. The standard InChI is InChI=1S/C27H23NO/c29-25-15-11-20(12-16-25)9-14-24-19-28(27-8-4-3-7-26(24)27)18-21-10-13-22-5-1-2-6-23(22)17-21/h1-8,10-13,15-17,19,29H,9,14,18H2. The molecule has 1 aromatic heterocycles. The third-order valence-electron chi connectivity index (χ3n) is 5.66. The molecule has 0 saturated heterocycles. The van der Waals surface area contributed by atoms with Crippen LogP contribution in [0.4, 0.5) is 0 Å². The van der Waals surface area contributed by atoms with E-state index in [-0.39, 0.29) is 0 Å². The van der Waals surface area contributed by atoms with Crippen molar-refractivity contribution in [2.75, 3.05) is 0 Å². The molecule has 142 valence electrons. The highest BCUT2D eigenvalue weighted by atomic mass is 16.3. The molecule has 1 heterocycles. The Hall–Kier alpha value is -3.52. The predicted molar refractivity (Wildman–Crippen MR) is 121 cm³/mol. The molecular weight excluding hydrogens is 354 g/mol. The number of para-hydroxylation sites is 1. The van der Waals surface area contributed by atoms with Gasteiger partial charge in [0.1, 0.15) is 5.75 Å². The minimum atomic E-state index is 0.320. The van der Waals surface area contributed by atoms with Gasteiger partial charge in [0.2, 0.25) is 0 Å². The van der Waals surface area contributed by atoms with Crippen LogP contribution in [0.3, 0.4) is 0 Å². The number of phenolic OH excluding ortho intramolecular Hbond substituents is 1. The van der Waals surface area contributed by atoms with Gasteiger partial charge in [-0.1, -0.05) is 66.7 Å². The SMILES string of the molecule is Oc1ccc(CCc2cn(Cc3ccc4ccccc4c3)c3ccccc23)cc1. The van der Waals surface area contributed by atoms with Crippen molar-refractivity contribution in [1.29, 1.82) is 0 Å². The fraction of sp³-hybridized carbons (Fsp3) is 0.111. The van der Waals surface area contributed by atoms with Crippen LogP contribution in [0.25, 0.3) is 21.7 Å². The van der Waals surface area contributed by atoms with Crippen molar-refractivity contribution < 1.29 is 5.11 Å². The fourth-order valence-electron chi connectivity index (χ4n) is 4.13. The van der Waals surface area contributed by atoms with E-state index in [1.54, 1.807) is 12.1 Å². The van der Waals surface area contributed by atoms with E-state index in [2.05, 4.69) is 77.5 Å². The maximum Gasteiger partial charge on any atom is 0.115 e. The lowest BCUT2D eigenvalue weighted by Crippen LogP contribution is -1.98. The molecule has 4 aromatic carbocycles. The molecule has 2 nitrogen and oxygen atoms in total. The molecule has 0 bridgehead atoms. The second kappa shape index (κ2) is 7.48. The lowest BCUT2D eigenvalue weighted by atomic mass is 10.0. The molecule has 0 aliphatic carbocycles. The first-order chi connectivity index (χ1) is 14.3. The first-order valence-corrected chi connectivity index (χ1v) is 10.1. The third-order valence-corrected chi connectivity index (χ3v) is 5.66. The minimum Gasteiger partial charge on any atom is -0.508 e. The molecule has 0 saturated carbocycles. The summed E-state index contributed by atoms with van der Waals surface area (Å²) < 4.78 is 2.37. The number of hydrogen-bond acceptors (Lipinski definition) is 1. The topological polar surface area (TPSA) is 25.2 Å². The monoisotopic (exact) mass is 377 g/mol. The maximum absolute atomic E-state index is 9.49. The Morgan fingerprint density at radius 2 is 1.38 bits per heavy atom. The number of aryl methyl sites for hydroxylation is 2. The van der Waals surface area contributed by atoms with Crippen molar-refractivity contribution in [3.63, 3.8) is 0 Å². The van der Waals surface area contributed by atoms with E-state index in [0.717, 1.165) is 19.4 Å². The number of nitrogens with zero attached hydrogens (tertiary/aromatic N) is 1. The second-order valence-electron chi connectivity index (χ2n) is 7.65. The van der Waals surface area contributed by atoms with Crippen LogP contribution in [0.2, 0.25) is 0 Å². The minimum absolute atomic E-state index is 0.320. The molecule has 5 aromatic rings. The average molecular weight is 377 g/mol. The highest BCUT2D eigenvalue weighted by Crippen LogP contribution is 2.25. The zero-order valence-electron chi connectivity index (χ0n) is 16.3. The van der Waals surface area contributed by atoms with Crippen LogP contribution in [0.15, 0.2) is 97.2 Å². The summed E-state index contributed by atoms with van der Waals surface area (Å²) in [6.07, 6.45) is 4.25. The lowest BCUT2D eigenvalue weighted by molar-refractivity contribution is 0.475. The van der Waals surface area contributed by atoms with Crippen molar-refractivity contribution in [3.8, 4) is 5.75 Å². The van der Waals surface area contributed by atoms with Gasteiger partial charge < -0.3 is 9.67 Å². The number of hydrogen-bond donors (Lipinski definition) is 1. The second-order valence-corrected chi connectivity index (χ2v) is 7.65.